The number of nitrogens with two attached hydrogens (primary N) is 1. The Bertz CT molecular complexity index is 213. The van der Waals surface area contributed by atoms with Crippen LogP contribution in [0.1, 0.15) is 33.6 Å². The highest BCUT2D eigenvalue weighted by Crippen LogP contribution is 2.20. The Balaban J connectivity index is 2.27. The molecule has 1 fully saturated rings. The largest absolute Gasteiger partial charge is 0.374 e. The van der Waals surface area contributed by atoms with E-state index < -0.39 is 10.8 Å². The molecule has 14 heavy (non-hydrogen) atoms. The van der Waals surface area contributed by atoms with Gasteiger partial charge in [-0.2, -0.15) is 0 Å². The Hall–Kier alpha value is 0.0700. The average Bonchev–Trinajstić information content (AvgIpc) is 2.30. The van der Waals surface area contributed by atoms with Gasteiger partial charge in [0.25, 0.3) is 0 Å². The summed E-state index contributed by atoms with van der Waals surface area (Å²) >= 11 is 0. The van der Waals surface area contributed by atoms with Crippen LogP contribution in [0.3, 0.4) is 0 Å². The monoisotopic (exact) mass is 219 g/mol. The highest BCUT2D eigenvalue weighted by molar-refractivity contribution is 7.85. The zero-order chi connectivity index (χ0) is 10.8. The van der Waals surface area contributed by atoms with Crippen molar-refractivity contribution < 1.29 is 8.95 Å². The second-order valence-corrected chi connectivity index (χ2v) is 6.39. The topological polar surface area (TPSA) is 52.3 Å². The summed E-state index contributed by atoms with van der Waals surface area (Å²) < 4.78 is 17.3. The molecule has 0 aromatic carbocycles. The molecule has 0 bridgehead atoms. The van der Waals surface area contributed by atoms with Crippen LogP contribution in [-0.2, 0) is 15.5 Å². The summed E-state index contributed by atoms with van der Waals surface area (Å²) in [5.41, 5.74) is 5.47. The summed E-state index contributed by atoms with van der Waals surface area (Å²) in [6.07, 6.45) is 2.65. The molecule has 3 atom stereocenters. The van der Waals surface area contributed by atoms with Crippen molar-refractivity contribution in [3.05, 3.63) is 0 Å². The fourth-order valence-corrected chi connectivity index (χ4v) is 3.30. The number of rotatable bonds is 4. The van der Waals surface area contributed by atoms with Gasteiger partial charge in [0.05, 0.1) is 12.2 Å². The molecule has 1 aliphatic rings. The number of hydrogen-bond donors (Lipinski definition) is 1. The Morgan fingerprint density at radius 2 is 2.14 bits per heavy atom. The highest BCUT2D eigenvalue weighted by Gasteiger charge is 2.25. The summed E-state index contributed by atoms with van der Waals surface area (Å²) in [6.45, 7) is 5.88. The highest BCUT2D eigenvalue weighted by atomic mass is 32.2. The van der Waals surface area contributed by atoms with Gasteiger partial charge in [0.1, 0.15) is 0 Å². The van der Waals surface area contributed by atoms with Crippen LogP contribution in [0.5, 0.6) is 0 Å². The summed E-state index contributed by atoms with van der Waals surface area (Å²) in [4.78, 5) is 0. The lowest BCUT2D eigenvalue weighted by atomic mass is 10.1. The van der Waals surface area contributed by atoms with Crippen LogP contribution in [0.4, 0.5) is 0 Å². The zero-order valence-corrected chi connectivity index (χ0v) is 10.1. The van der Waals surface area contributed by atoms with Crippen LogP contribution >= 0.6 is 0 Å². The standard InChI is InChI=1S/C10H21NO2S/c1-8-4-5-9(13-8)6-14(12)7-10(2,3)11/h8-9H,4-7,11H2,1-3H3. The summed E-state index contributed by atoms with van der Waals surface area (Å²) in [5.74, 6) is 1.20. The van der Waals surface area contributed by atoms with Crippen LogP contribution in [0.2, 0.25) is 0 Å². The fraction of sp³-hybridized carbons (Fsp3) is 1.00. The van der Waals surface area contributed by atoms with Gasteiger partial charge >= 0.3 is 0 Å². The molecule has 3 nitrogen and oxygen atoms in total. The molecule has 0 aromatic rings. The molecule has 0 saturated carbocycles. The average molecular weight is 219 g/mol. The normalized spacial score (nSPS) is 30.6. The second kappa shape index (κ2) is 4.73. The maximum absolute atomic E-state index is 11.7. The molecule has 0 aromatic heterocycles. The van der Waals surface area contributed by atoms with Crippen LogP contribution in [0.25, 0.3) is 0 Å². The molecular weight excluding hydrogens is 198 g/mol. The smallest absolute Gasteiger partial charge is 0.0694 e. The first-order chi connectivity index (χ1) is 6.37. The SMILES string of the molecule is CC1CCC(CS(=O)CC(C)(C)N)O1. The summed E-state index contributed by atoms with van der Waals surface area (Å²) in [5, 5.41) is 0. The maximum atomic E-state index is 11.7. The van der Waals surface area contributed by atoms with Crippen molar-refractivity contribution in [3.8, 4) is 0 Å². The molecule has 1 heterocycles. The van der Waals surface area contributed by atoms with Gasteiger partial charge in [-0.25, -0.2) is 0 Å². The first-order valence-corrected chi connectivity index (χ1v) is 6.65. The van der Waals surface area contributed by atoms with Crippen molar-refractivity contribution in [2.75, 3.05) is 11.5 Å². The molecule has 1 aliphatic heterocycles. The molecule has 2 N–H and O–H groups in total. The van der Waals surface area contributed by atoms with Gasteiger partial charge in [0.2, 0.25) is 0 Å². The van der Waals surface area contributed by atoms with E-state index in [9.17, 15) is 4.21 Å². The lowest BCUT2D eigenvalue weighted by Gasteiger charge is -2.19. The van der Waals surface area contributed by atoms with Crippen LogP contribution in [-0.4, -0.2) is 33.5 Å². The van der Waals surface area contributed by atoms with Gasteiger partial charge in [0, 0.05) is 27.8 Å². The minimum atomic E-state index is -0.844. The molecule has 4 heteroatoms. The molecule has 1 rings (SSSR count). The van der Waals surface area contributed by atoms with E-state index >= 15 is 0 Å². The molecule has 0 spiro atoms. The molecule has 3 unspecified atom stereocenters. The van der Waals surface area contributed by atoms with E-state index in [0.29, 0.717) is 17.6 Å². The summed E-state index contributed by atoms with van der Waals surface area (Å²) in [7, 11) is -0.844. The van der Waals surface area contributed by atoms with E-state index in [1.54, 1.807) is 0 Å². The summed E-state index contributed by atoms with van der Waals surface area (Å²) in [6, 6.07) is 0. The Kier molecular flexibility index (Phi) is 4.10. The van der Waals surface area contributed by atoms with E-state index in [-0.39, 0.29) is 11.6 Å². The fourth-order valence-electron chi connectivity index (χ4n) is 1.69. The van der Waals surface area contributed by atoms with Crippen LogP contribution in [0.15, 0.2) is 0 Å². The van der Waals surface area contributed by atoms with Crippen LogP contribution in [0, 0.1) is 0 Å². The molecular formula is C10H21NO2S. The molecule has 84 valence electrons. The van der Waals surface area contributed by atoms with Crippen molar-refractivity contribution in [1.29, 1.82) is 0 Å². The van der Waals surface area contributed by atoms with Crippen molar-refractivity contribution in [2.24, 2.45) is 5.73 Å². The third-order valence-corrected chi connectivity index (χ3v) is 4.03. The maximum Gasteiger partial charge on any atom is 0.0694 e. The van der Waals surface area contributed by atoms with Gasteiger partial charge in [-0.3, -0.25) is 4.21 Å². The Morgan fingerprint density at radius 1 is 1.50 bits per heavy atom. The van der Waals surface area contributed by atoms with E-state index in [1.807, 2.05) is 13.8 Å². The molecule has 0 amide bonds. The van der Waals surface area contributed by atoms with Gasteiger partial charge in [-0.15, -0.1) is 0 Å². The first kappa shape index (κ1) is 12.1. The van der Waals surface area contributed by atoms with E-state index in [0.717, 1.165) is 12.8 Å². The number of hydrogen-bond acceptors (Lipinski definition) is 3. The third-order valence-electron chi connectivity index (χ3n) is 2.22. The van der Waals surface area contributed by atoms with Gasteiger partial charge in [-0.1, -0.05) is 0 Å². The quantitative estimate of drug-likeness (QED) is 0.768. The van der Waals surface area contributed by atoms with Crippen molar-refractivity contribution >= 4 is 10.8 Å². The lowest BCUT2D eigenvalue weighted by molar-refractivity contribution is 0.0695. The van der Waals surface area contributed by atoms with Gasteiger partial charge in [0.15, 0.2) is 0 Å². The Labute approximate surface area is 88.8 Å². The number of ether oxygens (including phenoxy) is 1. The van der Waals surface area contributed by atoms with E-state index in [2.05, 4.69) is 6.92 Å². The molecule has 1 saturated heterocycles. The van der Waals surface area contributed by atoms with E-state index in [1.165, 1.54) is 0 Å². The van der Waals surface area contributed by atoms with E-state index in [4.69, 9.17) is 10.5 Å². The third kappa shape index (κ3) is 4.53. The van der Waals surface area contributed by atoms with Crippen LogP contribution < -0.4 is 5.73 Å². The molecule has 0 aliphatic carbocycles. The van der Waals surface area contributed by atoms with Crippen molar-refractivity contribution in [2.45, 2.75) is 51.4 Å². The zero-order valence-electron chi connectivity index (χ0n) is 9.29. The molecule has 0 radical (unpaired) electrons. The van der Waals surface area contributed by atoms with Gasteiger partial charge in [-0.05, 0) is 33.6 Å². The lowest BCUT2D eigenvalue weighted by Crippen LogP contribution is -2.39. The minimum Gasteiger partial charge on any atom is -0.374 e. The Morgan fingerprint density at radius 3 is 2.57 bits per heavy atom. The second-order valence-electron chi connectivity index (χ2n) is 4.89. The minimum absolute atomic E-state index is 0.188. The van der Waals surface area contributed by atoms with Gasteiger partial charge < -0.3 is 10.5 Å². The van der Waals surface area contributed by atoms with Crippen molar-refractivity contribution in [3.63, 3.8) is 0 Å². The predicted octanol–water partition coefficient (Wildman–Crippen LogP) is 1.04. The predicted molar refractivity (Wildman–Crippen MR) is 59.7 cm³/mol. The van der Waals surface area contributed by atoms with Crippen molar-refractivity contribution in [1.82, 2.24) is 0 Å². The first-order valence-electron chi connectivity index (χ1n) is 5.16.